The van der Waals surface area contributed by atoms with Crippen LogP contribution in [0.25, 0.3) is 0 Å². The fraction of sp³-hybridized carbons (Fsp3) is 0.429. The lowest BCUT2D eigenvalue weighted by Gasteiger charge is -2.31. The summed E-state index contributed by atoms with van der Waals surface area (Å²) in [6, 6.07) is 7.07. The summed E-state index contributed by atoms with van der Waals surface area (Å²) in [5.74, 6) is -1.10. The van der Waals surface area contributed by atoms with Crippen LogP contribution in [0.15, 0.2) is 24.3 Å². The van der Waals surface area contributed by atoms with Crippen LogP contribution in [0.4, 0.5) is 0 Å². The maximum absolute atomic E-state index is 12.3. The lowest BCUT2D eigenvalue weighted by molar-refractivity contribution is -0.155. The van der Waals surface area contributed by atoms with Crippen molar-refractivity contribution >= 4 is 23.5 Å². The zero-order valence-corrected chi connectivity index (χ0v) is 11.5. The van der Waals surface area contributed by atoms with Gasteiger partial charge in [0.05, 0.1) is 6.42 Å². The van der Waals surface area contributed by atoms with Crippen molar-refractivity contribution in [3.8, 4) is 0 Å². The molecule has 0 aromatic heterocycles. The number of rotatable bonds is 3. The highest BCUT2D eigenvalue weighted by Crippen LogP contribution is 2.30. The van der Waals surface area contributed by atoms with Gasteiger partial charge in [-0.3, -0.25) is 4.79 Å². The molecule has 102 valence electrons. The Morgan fingerprint density at radius 2 is 2.21 bits per heavy atom. The summed E-state index contributed by atoms with van der Waals surface area (Å²) in [6.07, 6.45) is 1.41. The highest BCUT2D eigenvalue weighted by atomic mass is 35.5. The fourth-order valence-electron chi connectivity index (χ4n) is 2.50. The largest absolute Gasteiger partial charge is 0.480 e. The molecule has 5 heteroatoms. The first kappa shape index (κ1) is 13.9. The van der Waals surface area contributed by atoms with Gasteiger partial charge >= 0.3 is 5.97 Å². The molecule has 2 rings (SSSR count). The lowest BCUT2D eigenvalue weighted by atomic mass is 9.98. The first-order valence-electron chi connectivity index (χ1n) is 6.22. The molecule has 0 saturated carbocycles. The highest BCUT2D eigenvalue weighted by molar-refractivity contribution is 6.30. The van der Waals surface area contributed by atoms with E-state index < -0.39 is 11.5 Å². The molecule has 1 aromatic rings. The van der Waals surface area contributed by atoms with Crippen molar-refractivity contribution in [1.29, 1.82) is 0 Å². The van der Waals surface area contributed by atoms with Gasteiger partial charge in [-0.2, -0.15) is 0 Å². The zero-order valence-electron chi connectivity index (χ0n) is 10.7. The van der Waals surface area contributed by atoms with E-state index in [2.05, 4.69) is 0 Å². The average Bonchev–Trinajstić information content (AvgIpc) is 2.73. The topological polar surface area (TPSA) is 57.6 Å². The Morgan fingerprint density at radius 1 is 1.47 bits per heavy atom. The van der Waals surface area contributed by atoms with Crippen molar-refractivity contribution in [3.05, 3.63) is 34.9 Å². The van der Waals surface area contributed by atoms with Crippen LogP contribution in [0.2, 0.25) is 5.02 Å². The van der Waals surface area contributed by atoms with E-state index in [0.29, 0.717) is 18.0 Å². The molecule has 1 aliphatic heterocycles. The quantitative estimate of drug-likeness (QED) is 0.925. The number of amides is 1. The number of carboxylic acids is 1. The summed E-state index contributed by atoms with van der Waals surface area (Å²) < 4.78 is 0. The average molecular weight is 282 g/mol. The van der Waals surface area contributed by atoms with Crippen LogP contribution in [-0.4, -0.2) is 34.0 Å². The third kappa shape index (κ3) is 2.73. The lowest BCUT2D eigenvalue weighted by Crippen LogP contribution is -2.51. The van der Waals surface area contributed by atoms with Gasteiger partial charge in [-0.1, -0.05) is 23.7 Å². The van der Waals surface area contributed by atoms with Gasteiger partial charge in [0.25, 0.3) is 0 Å². The second kappa shape index (κ2) is 5.21. The Kier molecular flexibility index (Phi) is 3.80. The van der Waals surface area contributed by atoms with Crippen LogP contribution < -0.4 is 0 Å². The molecule has 1 aromatic carbocycles. The fourth-order valence-corrected chi connectivity index (χ4v) is 2.72. The van der Waals surface area contributed by atoms with Crippen LogP contribution in [0.1, 0.15) is 25.3 Å². The summed E-state index contributed by atoms with van der Waals surface area (Å²) in [5.41, 5.74) is -0.271. The Balaban J connectivity index is 2.14. The van der Waals surface area contributed by atoms with Crippen molar-refractivity contribution in [2.24, 2.45) is 0 Å². The standard InChI is InChI=1S/C14H16ClNO3/c1-14(13(18)19)6-3-7-16(14)12(17)9-10-4-2-5-11(15)8-10/h2,4-5,8H,3,6-7,9H2,1H3,(H,18,19). The third-order valence-corrected chi connectivity index (χ3v) is 3.88. The Labute approximate surface area is 117 Å². The van der Waals surface area contributed by atoms with Crippen LogP contribution in [0, 0.1) is 0 Å². The van der Waals surface area contributed by atoms with Crippen LogP contribution >= 0.6 is 11.6 Å². The number of carboxylic acid groups (broad SMARTS) is 1. The maximum atomic E-state index is 12.3. The Bertz CT molecular complexity index is 517. The number of carbonyl (C=O) groups excluding carboxylic acids is 1. The summed E-state index contributed by atoms with van der Waals surface area (Å²) in [6.45, 7) is 2.11. The first-order valence-corrected chi connectivity index (χ1v) is 6.59. The molecular formula is C14H16ClNO3. The van der Waals surface area contributed by atoms with Gasteiger partial charge in [0.1, 0.15) is 5.54 Å². The van der Waals surface area contributed by atoms with E-state index in [1.54, 1.807) is 25.1 Å². The van der Waals surface area contributed by atoms with Crippen molar-refractivity contribution in [3.63, 3.8) is 0 Å². The molecule has 1 heterocycles. The number of aliphatic carboxylic acids is 1. The van der Waals surface area contributed by atoms with Crippen LogP contribution in [0.5, 0.6) is 0 Å². The molecular weight excluding hydrogens is 266 g/mol. The Morgan fingerprint density at radius 3 is 2.84 bits per heavy atom. The van der Waals surface area contributed by atoms with Crippen molar-refractivity contribution < 1.29 is 14.7 Å². The molecule has 0 bridgehead atoms. The van der Waals surface area contributed by atoms with E-state index in [0.717, 1.165) is 12.0 Å². The predicted octanol–water partition coefficient (Wildman–Crippen LogP) is 2.35. The highest BCUT2D eigenvalue weighted by Gasteiger charge is 2.45. The molecule has 1 saturated heterocycles. The number of nitrogens with zero attached hydrogens (tertiary/aromatic N) is 1. The molecule has 1 amide bonds. The van der Waals surface area contributed by atoms with Crippen LogP contribution in [-0.2, 0) is 16.0 Å². The molecule has 0 spiro atoms. The molecule has 1 fully saturated rings. The van der Waals surface area contributed by atoms with Gasteiger partial charge < -0.3 is 10.0 Å². The summed E-state index contributed by atoms with van der Waals surface area (Å²) in [7, 11) is 0. The van der Waals surface area contributed by atoms with Gasteiger partial charge in [-0.05, 0) is 37.5 Å². The molecule has 19 heavy (non-hydrogen) atoms. The number of hydrogen-bond acceptors (Lipinski definition) is 2. The number of benzene rings is 1. The summed E-state index contributed by atoms with van der Waals surface area (Å²) >= 11 is 5.88. The molecule has 1 unspecified atom stereocenters. The van der Waals surface area contributed by atoms with Gasteiger partial charge in [0.15, 0.2) is 0 Å². The SMILES string of the molecule is CC1(C(=O)O)CCCN1C(=O)Cc1cccc(Cl)c1. The van der Waals surface area contributed by atoms with Gasteiger partial charge in [-0.15, -0.1) is 0 Å². The maximum Gasteiger partial charge on any atom is 0.329 e. The normalized spacial score (nSPS) is 22.5. The molecule has 4 nitrogen and oxygen atoms in total. The van der Waals surface area contributed by atoms with E-state index in [4.69, 9.17) is 11.6 Å². The smallest absolute Gasteiger partial charge is 0.329 e. The minimum atomic E-state index is -1.07. The molecule has 1 aliphatic rings. The molecule has 0 aliphatic carbocycles. The van der Waals surface area contributed by atoms with Gasteiger partial charge in [-0.25, -0.2) is 4.79 Å². The van der Waals surface area contributed by atoms with Gasteiger partial charge in [0.2, 0.25) is 5.91 Å². The number of halogens is 1. The van der Waals surface area contributed by atoms with E-state index in [1.807, 2.05) is 6.07 Å². The summed E-state index contributed by atoms with van der Waals surface area (Å²) in [5, 5.41) is 9.86. The van der Waals surface area contributed by atoms with Gasteiger partial charge in [0, 0.05) is 11.6 Å². The second-order valence-electron chi connectivity index (χ2n) is 5.03. The number of carbonyl (C=O) groups is 2. The second-order valence-corrected chi connectivity index (χ2v) is 5.47. The van der Waals surface area contributed by atoms with E-state index in [-0.39, 0.29) is 12.3 Å². The summed E-state index contributed by atoms with van der Waals surface area (Å²) in [4.78, 5) is 25.1. The van der Waals surface area contributed by atoms with E-state index in [1.165, 1.54) is 4.90 Å². The van der Waals surface area contributed by atoms with Crippen molar-refractivity contribution in [2.75, 3.05) is 6.54 Å². The number of likely N-dealkylation sites (tertiary alicyclic amines) is 1. The molecule has 1 atom stereocenters. The van der Waals surface area contributed by atoms with Crippen molar-refractivity contribution in [1.82, 2.24) is 4.90 Å². The van der Waals surface area contributed by atoms with Crippen LogP contribution in [0.3, 0.4) is 0 Å². The monoisotopic (exact) mass is 281 g/mol. The molecule has 0 radical (unpaired) electrons. The number of hydrogen-bond donors (Lipinski definition) is 1. The minimum absolute atomic E-state index is 0.162. The van der Waals surface area contributed by atoms with E-state index >= 15 is 0 Å². The molecule has 1 N–H and O–H groups in total. The predicted molar refractivity (Wildman–Crippen MR) is 72.1 cm³/mol. The minimum Gasteiger partial charge on any atom is -0.480 e. The third-order valence-electron chi connectivity index (χ3n) is 3.65. The first-order chi connectivity index (χ1) is 8.93. The zero-order chi connectivity index (χ0) is 14.0. The Hall–Kier alpha value is -1.55. The van der Waals surface area contributed by atoms with E-state index in [9.17, 15) is 14.7 Å². The van der Waals surface area contributed by atoms with Crippen molar-refractivity contribution in [2.45, 2.75) is 31.7 Å².